The number of benzene rings is 1. The van der Waals surface area contributed by atoms with E-state index in [4.69, 9.17) is 9.47 Å². The number of nitrogens with one attached hydrogen (secondary N) is 2. The van der Waals surface area contributed by atoms with Crippen LogP contribution in [0, 0.1) is 0 Å². The number of likely N-dealkylation sites (N-methyl/N-ethyl adjacent to an activating group) is 1. The molecule has 1 rings (SSSR count). The highest BCUT2D eigenvalue weighted by Gasteiger charge is 2.14. The molecule has 0 bridgehead atoms. The van der Waals surface area contributed by atoms with Crippen molar-refractivity contribution >= 4 is 29.9 Å². The van der Waals surface area contributed by atoms with E-state index >= 15 is 0 Å². The van der Waals surface area contributed by atoms with Crippen LogP contribution >= 0.6 is 24.0 Å². The van der Waals surface area contributed by atoms with E-state index < -0.39 is 0 Å². The van der Waals surface area contributed by atoms with Crippen molar-refractivity contribution in [3.63, 3.8) is 0 Å². The van der Waals surface area contributed by atoms with Gasteiger partial charge in [-0.25, -0.2) is 0 Å². The van der Waals surface area contributed by atoms with Crippen LogP contribution < -0.4 is 20.1 Å². The van der Waals surface area contributed by atoms with E-state index in [0.29, 0.717) is 0 Å². The normalized spacial score (nSPS) is 12.3. The molecular formula is C19H35IN4O2. The molecule has 0 spiro atoms. The third-order valence-electron chi connectivity index (χ3n) is 4.16. The highest BCUT2D eigenvalue weighted by Crippen LogP contribution is 2.29. The molecule has 0 saturated carbocycles. The first kappa shape index (κ1) is 24.8. The predicted molar refractivity (Wildman–Crippen MR) is 120 cm³/mol. The number of methoxy groups -OCH3 is 2. The van der Waals surface area contributed by atoms with Crippen molar-refractivity contribution in [3.8, 4) is 11.5 Å². The highest BCUT2D eigenvalue weighted by molar-refractivity contribution is 14.0. The summed E-state index contributed by atoms with van der Waals surface area (Å²) in [6, 6.07) is 5.84. The molecule has 1 unspecified atom stereocenters. The zero-order valence-electron chi connectivity index (χ0n) is 17.0. The molecule has 26 heavy (non-hydrogen) atoms. The molecular weight excluding hydrogens is 443 g/mol. The average molecular weight is 478 g/mol. The van der Waals surface area contributed by atoms with Gasteiger partial charge in [0.25, 0.3) is 0 Å². The Morgan fingerprint density at radius 1 is 1.23 bits per heavy atom. The lowest BCUT2D eigenvalue weighted by molar-refractivity contribution is 0.332. The van der Waals surface area contributed by atoms with Crippen LogP contribution in [-0.4, -0.2) is 58.8 Å². The second-order valence-corrected chi connectivity index (χ2v) is 6.13. The van der Waals surface area contributed by atoms with Crippen LogP contribution in [0.15, 0.2) is 23.2 Å². The number of rotatable bonds is 10. The standard InChI is InChI=1S/C19H34N4O2.HI/c1-7-8-12-23(4)13-11-21-19(20-3)22-15(2)17-14-16(24-5)9-10-18(17)25-6;/h9-10,14-15H,7-8,11-13H2,1-6H3,(H2,20,21,22);1H. The Morgan fingerprint density at radius 3 is 2.54 bits per heavy atom. The Hall–Kier alpha value is -1.22. The highest BCUT2D eigenvalue weighted by atomic mass is 127. The molecule has 1 aromatic rings. The molecule has 0 fully saturated rings. The second kappa shape index (κ2) is 13.9. The summed E-state index contributed by atoms with van der Waals surface area (Å²) in [5.74, 6) is 2.42. The molecule has 0 aromatic heterocycles. The molecule has 2 N–H and O–H groups in total. The van der Waals surface area contributed by atoms with E-state index in [1.165, 1.54) is 12.8 Å². The van der Waals surface area contributed by atoms with Gasteiger partial charge in [-0.3, -0.25) is 4.99 Å². The van der Waals surface area contributed by atoms with Crippen LogP contribution in [0.4, 0.5) is 0 Å². The quantitative estimate of drug-likeness (QED) is 0.307. The van der Waals surface area contributed by atoms with E-state index in [2.05, 4.69) is 41.4 Å². The Balaban J connectivity index is 0.00000625. The topological polar surface area (TPSA) is 58.1 Å². The Bertz CT molecular complexity index is 540. The molecule has 0 aliphatic rings. The van der Waals surface area contributed by atoms with E-state index in [1.54, 1.807) is 21.3 Å². The molecule has 6 nitrogen and oxygen atoms in total. The van der Waals surface area contributed by atoms with Gasteiger partial charge in [0, 0.05) is 25.7 Å². The molecule has 0 aliphatic carbocycles. The van der Waals surface area contributed by atoms with Gasteiger partial charge in [0.15, 0.2) is 5.96 Å². The number of nitrogens with zero attached hydrogens (tertiary/aromatic N) is 2. The zero-order chi connectivity index (χ0) is 18.7. The smallest absolute Gasteiger partial charge is 0.191 e. The molecule has 0 amide bonds. The van der Waals surface area contributed by atoms with Gasteiger partial charge in [-0.05, 0) is 45.1 Å². The maximum atomic E-state index is 5.47. The lowest BCUT2D eigenvalue weighted by atomic mass is 10.1. The van der Waals surface area contributed by atoms with Gasteiger partial charge in [-0.2, -0.15) is 0 Å². The fourth-order valence-corrected chi connectivity index (χ4v) is 2.56. The van der Waals surface area contributed by atoms with Crippen LogP contribution in [-0.2, 0) is 0 Å². The summed E-state index contributed by atoms with van der Waals surface area (Å²) in [6.07, 6.45) is 2.46. The molecule has 0 saturated heterocycles. The van der Waals surface area contributed by atoms with Crippen LogP contribution in [0.25, 0.3) is 0 Å². The van der Waals surface area contributed by atoms with Crippen molar-refractivity contribution < 1.29 is 9.47 Å². The van der Waals surface area contributed by atoms with E-state index in [1.807, 2.05) is 18.2 Å². The van der Waals surface area contributed by atoms with Crippen molar-refractivity contribution in [1.82, 2.24) is 15.5 Å². The summed E-state index contributed by atoms with van der Waals surface area (Å²) < 4.78 is 10.8. The first-order chi connectivity index (χ1) is 12.0. The minimum Gasteiger partial charge on any atom is -0.497 e. The summed E-state index contributed by atoms with van der Waals surface area (Å²) in [4.78, 5) is 6.65. The summed E-state index contributed by atoms with van der Waals surface area (Å²) in [5, 5.41) is 6.78. The molecule has 150 valence electrons. The largest absolute Gasteiger partial charge is 0.497 e. The minimum atomic E-state index is 0. The van der Waals surface area contributed by atoms with Gasteiger partial charge >= 0.3 is 0 Å². The lowest BCUT2D eigenvalue weighted by Crippen LogP contribution is -2.42. The summed E-state index contributed by atoms with van der Waals surface area (Å²) in [6.45, 7) is 7.25. The van der Waals surface area contributed by atoms with Gasteiger partial charge in [0.2, 0.25) is 0 Å². The van der Waals surface area contributed by atoms with Gasteiger partial charge in [0.05, 0.1) is 20.3 Å². The first-order valence-corrected chi connectivity index (χ1v) is 8.93. The SMILES string of the molecule is CCCCN(C)CCNC(=NC)NC(C)c1cc(OC)ccc1OC.I. The fraction of sp³-hybridized carbons (Fsp3) is 0.632. The molecule has 1 aromatic carbocycles. The maximum Gasteiger partial charge on any atom is 0.191 e. The van der Waals surface area contributed by atoms with Gasteiger partial charge in [-0.1, -0.05) is 13.3 Å². The molecule has 0 aliphatic heterocycles. The average Bonchev–Trinajstić information content (AvgIpc) is 2.64. The Kier molecular flexibility index (Phi) is 13.3. The first-order valence-electron chi connectivity index (χ1n) is 8.93. The van der Waals surface area contributed by atoms with Crippen molar-refractivity contribution in [2.45, 2.75) is 32.7 Å². The minimum absolute atomic E-state index is 0. The molecule has 1 atom stereocenters. The Labute approximate surface area is 175 Å². The maximum absolute atomic E-state index is 5.47. The van der Waals surface area contributed by atoms with Crippen LogP contribution in [0.3, 0.4) is 0 Å². The van der Waals surface area contributed by atoms with Crippen molar-refractivity contribution in [2.75, 3.05) is 47.9 Å². The van der Waals surface area contributed by atoms with E-state index in [-0.39, 0.29) is 30.0 Å². The van der Waals surface area contributed by atoms with Crippen molar-refractivity contribution in [3.05, 3.63) is 23.8 Å². The van der Waals surface area contributed by atoms with Gasteiger partial charge in [-0.15, -0.1) is 24.0 Å². The number of guanidine groups is 1. The molecule has 0 radical (unpaired) electrons. The number of halogens is 1. The van der Waals surface area contributed by atoms with Gasteiger partial charge < -0.3 is 25.0 Å². The van der Waals surface area contributed by atoms with Crippen LogP contribution in [0.1, 0.15) is 38.3 Å². The number of ether oxygens (including phenoxy) is 2. The summed E-state index contributed by atoms with van der Waals surface area (Å²) in [5.41, 5.74) is 1.03. The summed E-state index contributed by atoms with van der Waals surface area (Å²) in [7, 11) is 7.28. The predicted octanol–water partition coefficient (Wildman–Crippen LogP) is 3.28. The molecule has 0 heterocycles. The number of hydrogen-bond donors (Lipinski definition) is 2. The van der Waals surface area contributed by atoms with Crippen LogP contribution in [0.2, 0.25) is 0 Å². The zero-order valence-corrected chi connectivity index (χ0v) is 19.3. The van der Waals surface area contributed by atoms with E-state index in [9.17, 15) is 0 Å². The molecule has 7 heteroatoms. The fourth-order valence-electron chi connectivity index (χ4n) is 2.56. The number of aliphatic imine (C=N–C) groups is 1. The van der Waals surface area contributed by atoms with Crippen LogP contribution in [0.5, 0.6) is 11.5 Å². The third-order valence-corrected chi connectivity index (χ3v) is 4.16. The lowest BCUT2D eigenvalue weighted by Gasteiger charge is -2.22. The van der Waals surface area contributed by atoms with Gasteiger partial charge in [0.1, 0.15) is 11.5 Å². The summed E-state index contributed by atoms with van der Waals surface area (Å²) >= 11 is 0. The number of unbranched alkanes of at least 4 members (excludes halogenated alkanes) is 1. The second-order valence-electron chi connectivity index (χ2n) is 6.13. The van der Waals surface area contributed by atoms with E-state index in [0.717, 1.165) is 42.7 Å². The van der Waals surface area contributed by atoms with Crippen molar-refractivity contribution in [1.29, 1.82) is 0 Å². The number of hydrogen-bond acceptors (Lipinski definition) is 4. The van der Waals surface area contributed by atoms with Crippen molar-refractivity contribution in [2.24, 2.45) is 4.99 Å². The Morgan fingerprint density at radius 2 is 1.96 bits per heavy atom. The monoisotopic (exact) mass is 478 g/mol. The third kappa shape index (κ3) is 8.44.